The van der Waals surface area contributed by atoms with E-state index >= 15 is 0 Å². The standard InChI is InChI=1S/C18H23F3N2O3/c1-2-16(24)23-11-3-4-14(12-23)17(25)22-10-9-13-5-7-15(8-6-13)26-18(19,20)21/h5-8,14H,2-4,9-12H2,1H3,(H,22,25). The molecule has 1 heterocycles. The molecular formula is C18H23F3N2O3. The molecule has 0 bridgehead atoms. The van der Waals surface area contributed by atoms with Crippen LogP contribution in [0.3, 0.4) is 0 Å². The monoisotopic (exact) mass is 372 g/mol. The number of halogens is 3. The second kappa shape index (κ2) is 8.91. The van der Waals surface area contributed by atoms with E-state index in [1.165, 1.54) is 24.3 Å². The fourth-order valence-electron chi connectivity index (χ4n) is 2.97. The van der Waals surface area contributed by atoms with E-state index in [9.17, 15) is 22.8 Å². The first-order valence-electron chi connectivity index (χ1n) is 8.68. The van der Waals surface area contributed by atoms with Crippen molar-refractivity contribution in [3.63, 3.8) is 0 Å². The number of hydrogen-bond donors (Lipinski definition) is 1. The lowest BCUT2D eigenvalue weighted by atomic mass is 9.97. The molecule has 1 N–H and O–H groups in total. The molecule has 2 amide bonds. The average Bonchev–Trinajstić information content (AvgIpc) is 2.61. The van der Waals surface area contributed by atoms with Gasteiger partial charge in [-0.2, -0.15) is 0 Å². The molecular weight excluding hydrogens is 349 g/mol. The van der Waals surface area contributed by atoms with Crippen LogP contribution in [0.5, 0.6) is 5.75 Å². The van der Waals surface area contributed by atoms with Gasteiger partial charge in [0.15, 0.2) is 0 Å². The van der Waals surface area contributed by atoms with Gasteiger partial charge in [-0.15, -0.1) is 13.2 Å². The van der Waals surface area contributed by atoms with Crippen LogP contribution in [0.15, 0.2) is 24.3 Å². The molecule has 1 fully saturated rings. The zero-order chi connectivity index (χ0) is 19.2. The SMILES string of the molecule is CCC(=O)N1CCCC(C(=O)NCCc2ccc(OC(F)(F)F)cc2)C1. The van der Waals surface area contributed by atoms with Crippen LogP contribution in [-0.2, 0) is 16.0 Å². The summed E-state index contributed by atoms with van der Waals surface area (Å²) in [6, 6.07) is 5.57. The van der Waals surface area contributed by atoms with Gasteiger partial charge in [-0.05, 0) is 37.0 Å². The van der Waals surface area contributed by atoms with E-state index in [4.69, 9.17) is 0 Å². The molecule has 1 aromatic carbocycles. The summed E-state index contributed by atoms with van der Waals surface area (Å²) in [6.07, 6.45) is -2.21. The average molecular weight is 372 g/mol. The first-order valence-corrected chi connectivity index (χ1v) is 8.68. The van der Waals surface area contributed by atoms with Gasteiger partial charge in [-0.25, -0.2) is 0 Å². The van der Waals surface area contributed by atoms with Crippen molar-refractivity contribution in [1.82, 2.24) is 10.2 Å². The predicted octanol–water partition coefficient (Wildman–Crippen LogP) is 2.89. The first-order chi connectivity index (χ1) is 12.3. The second-order valence-corrected chi connectivity index (χ2v) is 6.27. The minimum absolute atomic E-state index is 0.0589. The Morgan fingerprint density at radius 1 is 1.27 bits per heavy atom. The van der Waals surface area contributed by atoms with E-state index in [1.807, 2.05) is 0 Å². The van der Waals surface area contributed by atoms with Gasteiger partial charge in [0.2, 0.25) is 11.8 Å². The Bertz CT molecular complexity index is 617. The lowest BCUT2D eigenvalue weighted by Gasteiger charge is -2.31. The summed E-state index contributed by atoms with van der Waals surface area (Å²) in [6.45, 7) is 3.33. The molecule has 1 saturated heterocycles. The Balaban J connectivity index is 1.76. The third-order valence-corrected chi connectivity index (χ3v) is 4.32. The molecule has 0 radical (unpaired) electrons. The van der Waals surface area contributed by atoms with Gasteiger partial charge >= 0.3 is 6.36 Å². The van der Waals surface area contributed by atoms with E-state index < -0.39 is 6.36 Å². The van der Waals surface area contributed by atoms with E-state index in [-0.39, 0.29) is 23.5 Å². The number of nitrogens with one attached hydrogen (secondary N) is 1. The number of carbonyl (C=O) groups excluding carboxylic acids is 2. The number of alkyl halides is 3. The van der Waals surface area contributed by atoms with Crippen molar-refractivity contribution in [2.45, 2.75) is 39.0 Å². The molecule has 2 rings (SSSR count). The highest BCUT2D eigenvalue weighted by molar-refractivity contribution is 5.81. The van der Waals surface area contributed by atoms with E-state index in [0.717, 1.165) is 18.4 Å². The minimum Gasteiger partial charge on any atom is -0.406 e. The van der Waals surface area contributed by atoms with Crippen molar-refractivity contribution in [3.8, 4) is 5.75 Å². The maximum absolute atomic E-state index is 12.3. The molecule has 0 saturated carbocycles. The maximum atomic E-state index is 12.3. The van der Waals surface area contributed by atoms with Crippen molar-refractivity contribution in [2.75, 3.05) is 19.6 Å². The van der Waals surface area contributed by atoms with E-state index in [1.54, 1.807) is 11.8 Å². The van der Waals surface area contributed by atoms with Crippen LogP contribution >= 0.6 is 0 Å². The highest BCUT2D eigenvalue weighted by Crippen LogP contribution is 2.23. The van der Waals surface area contributed by atoms with Gasteiger partial charge in [0.05, 0.1) is 5.92 Å². The van der Waals surface area contributed by atoms with Crippen molar-refractivity contribution in [3.05, 3.63) is 29.8 Å². The predicted molar refractivity (Wildman–Crippen MR) is 89.4 cm³/mol. The normalized spacial score (nSPS) is 17.7. The molecule has 144 valence electrons. The Morgan fingerprint density at radius 2 is 1.96 bits per heavy atom. The number of benzene rings is 1. The molecule has 26 heavy (non-hydrogen) atoms. The second-order valence-electron chi connectivity index (χ2n) is 6.27. The molecule has 1 aliphatic rings. The first kappa shape index (κ1) is 20.1. The summed E-state index contributed by atoms with van der Waals surface area (Å²) < 4.78 is 40.2. The van der Waals surface area contributed by atoms with Crippen molar-refractivity contribution >= 4 is 11.8 Å². The van der Waals surface area contributed by atoms with Crippen LogP contribution in [-0.4, -0.2) is 42.7 Å². The van der Waals surface area contributed by atoms with Gasteiger partial charge in [0.1, 0.15) is 5.75 Å². The zero-order valence-corrected chi connectivity index (χ0v) is 14.6. The van der Waals surface area contributed by atoms with Crippen LogP contribution in [0.25, 0.3) is 0 Å². The summed E-state index contributed by atoms with van der Waals surface area (Å²) in [4.78, 5) is 25.8. The number of piperidine rings is 1. The summed E-state index contributed by atoms with van der Waals surface area (Å²) in [5.74, 6) is -0.505. The Labute approximate surface area is 150 Å². The highest BCUT2D eigenvalue weighted by atomic mass is 19.4. The van der Waals surface area contributed by atoms with Gasteiger partial charge in [-0.3, -0.25) is 9.59 Å². The van der Waals surface area contributed by atoms with Crippen molar-refractivity contribution < 1.29 is 27.5 Å². The molecule has 0 aromatic heterocycles. The Hall–Kier alpha value is -2.25. The van der Waals surface area contributed by atoms with Crippen LogP contribution in [0.4, 0.5) is 13.2 Å². The number of amides is 2. The quantitative estimate of drug-likeness (QED) is 0.835. The van der Waals surface area contributed by atoms with Crippen molar-refractivity contribution in [2.24, 2.45) is 5.92 Å². The minimum atomic E-state index is -4.71. The third-order valence-electron chi connectivity index (χ3n) is 4.32. The molecule has 0 spiro atoms. The smallest absolute Gasteiger partial charge is 0.406 e. The van der Waals surface area contributed by atoms with Crippen LogP contribution in [0.1, 0.15) is 31.7 Å². The molecule has 1 atom stereocenters. The van der Waals surface area contributed by atoms with Crippen LogP contribution < -0.4 is 10.1 Å². The Kier molecular flexibility index (Phi) is 6.88. The van der Waals surface area contributed by atoms with Crippen LogP contribution in [0.2, 0.25) is 0 Å². The molecule has 1 aromatic rings. The summed E-state index contributed by atoms with van der Waals surface area (Å²) in [5, 5.41) is 2.84. The molecule has 0 aliphatic carbocycles. The van der Waals surface area contributed by atoms with E-state index in [2.05, 4.69) is 10.1 Å². The van der Waals surface area contributed by atoms with Crippen molar-refractivity contribution in [1.29, 1.82) is 0 Å². The molecule has 8 heteroatoms. The molecule has 1 unspecified atom stereocenters. The Morgan fingerprint density at radius 3 is 2.58 bits per heavy atom. The number of likely N-dealkylation sites (tertiary alicyclic amines) is 1. The molecule has 5 nitrogen and oxygen atoms in total. The third kappa shape index (κ3) is 6.24. The number of rotatable bonds is 6. The van der Waals surface area contributed by atoms with Gasteiger partial charge < -0.3 is 15.0 Å². The lowest BCUT2D eigenvalue weighted by molar-refractivity contribution is -0.274. The van der Waals surface area contributed by atoms with Gasteiger partial charge in [0, 0.05) is 26.1 Å². The summed E-state index contributed by atoms with van der Waals surface area (Å²) >= 11 is 0. The fraction of sp³-hybridized carbons (Fsp3) is 0.556. The fourth-order valence-corrected chi connectivity index (χ4v) is 2.97. The molecule has 1 aliphatic heterocycles. The number of ether oxygens (including phenoxy) is 1. The summed E-state index contributed by atoms with van der Waals surface area (Å²) in [7, 11) is 0. The number of nitrogens with zero attached hydrogens (tertiary/aromatic N) is 1. The lowest BCUT2D eigenvalue weighted by Crippen LogP contribution is -2.45. The van der Waals surface area contributed by atoms with Gasteiger partial charge in [0.25, 0.3) is 0 Å². The maximum Gasteiger partial charge on any atom is 0.573 e. The highest BCUT2D eigenvalue weighted by Gasteiger charge is 2.31. The van der Waals surface area contributed by atoms with E-state index in [0.29, 0.717) is 32.5 Å². The number of carbonyl (C=O) groups is 2. The zero-order valence-electron chi connectivity index (χ0n) is 14.6. The summed E-state index contributed by atoms with van der Waals surface area (Å²) in [5.41, 5.74) is 0.797. The number of hydrogen-bond acceptors (Lipinski definition) is 3. The van der Waals surface area contributed by atoms with Crippen LogP contribution in [0, 0.1) is 5.92 Å². The topological polar surface area (TPSA) is 58.6 Å². The largest absolute Gasteiger partial charge is 0.573 e. The van der Waals surface area contributed by atoms with Gasteiger partial charge in [-0.1, -0.05) is 19.1 Å².